The second-order valence-electron chi connectivity index (χ2n) is 7.67. The summed E-state index contributed by atoms with van der Waals surface area (Å²) < 4.78 is 5.66. The number of carbonyl (C=O) groups is 2. The van der Waals surface area contributed by atoms with Crippen molar-refractivity contribution in [3.63, 3.8) is 0 Å². The van der Waals surface area contributed by atoms with E-state index in [1.54, 1.807) is 24.3 Å². The summed E-state index contributed by atoms with van der Waals surface area (Å²) in [5, 5.41) is 5.28. The Hall–Kier alpha value is -3.06. The SMILES string of the molecule is Cc1cc(N(C)C)ccc1CNC(=O)C(=O)Nc1ccc(OCCCN(C)C)cc1. The van der Waals surface area contributed by atoms with E-state index in [-0.39, 0.29) is 0 Å². The van der Waals surface area contributed by atoms with Gasteiger partial charge in [0.05, 0.1) is 6.61 Å². The van der Waals surface area contributed by atoms with Gasteiger partial charge in [0.15, 0.2) is 0 Å². The molecule has 0 bridgehead atoms. The summed E-state index contributed by atoms with van der Waals surface area (Å²) in [6.45, 7) is 3.87. The molecule has 0 aliphatic rings. The monoisotopic (exact) mass is 412 g/mol. The van der Waals surface area contributed by atoms with Crippen LogP contribution in [0.2, 0.25) is 0 Å². The zero-order valence-corrected chi connectivity index (χ0v) is 18.5. The molecule has 2 aromatic carbocycles. The van der Waals surface area contributed by atoms with Crippen molar-refractivity contribution in [2.45, 2.75) is 19.9 Å². The molecule has 0 saturated carbocycles. The van der Waals surface area contributed by atoms with Crippen molar-refractivity contribution in [2.24, 2.45) is 0 Å². The van der Waals surface area contributed by atoms with Crippen LogP contribution in [-0.4, -0.2) is 58.1 Å². The number of carbonyl (C=O) groups excluding carboxylic acids is 2. The summed E-state index contributed by atoms with van der Waals surface area (Å²) in [6, 6.07) is 13.0. The summed E-state index contributed by atoms with van der Waals surface area (Å²) in [5.41, 5.74) is 3.66. The van der Waals surface area contributed by atoms with Crippen LogP contribution < -0.4 is 20.3 Å². The fourth-order valence-electron chi connectivity index (χ4n) is 2.81. The summed E-state index contributed by atoms with van der Waals surface area (Å²) in [5.74, 6) is -0.639. The van der Waals surface area contributed by atoms with Gasteiger partial charge in [0.1, 0.15) is 5.75 Å². The quantitative estimate of drug-likeness (QED) is 0.489. The molecule has 0 atom stereocenters. The molecule has 0 aromatic heterocycles. The topological polar surface area (TPSA) is 73.9 Å². The maximum absolute atomic E-state index is 12.2. The van der Waals surface area contributed by atoms with Crippen molar-refractivity contribution in [1.29, 1.82) is 0 Å². The maximum Gasteiger partial charge on any atom is 0.313 e. The van der Waals surface area contributed by atoms with Gasteiger partial charge in [0.2, 0.25) is 0 Å². The van der Waals surface area contributed by atoms with E-state index in [0.717, 1.165) is 35.5 Å². The van der Waals surface area contributed by atoms with Crippen LogP contribution in [0.5, 0.6) is 5.75 Å². The molecule has 0 spiro atoms. The van der Waals surface area contributed by atoms with E-state index in [9.17, 15) is 9.59 Å². The minimum Gasteiger partial charge on any atom is -0.494 e. The number of nitrogens with one attached hydrogen (secondary N) is 2. The molecule has 2 N–H and O–H groups in total. The molecule has 7 nitrogen and oxygen atoms in total. The van der Waals surface area contributed by atoms with Gasteiger partial charge in [-0.3, -0.25) is 9.59 Å². The Morgan fingerprint density at radius 2 is 1.67 bits per heavy atom. The van der Waals surface area contributed by atoms with Gasteiger partial charge in [-0.15, -0.1) is 0 Å². The molecule has 0 aliphatic heterocycles. The molecule has 2 aromatic rings. The van der Waals surface area contributed by atoms with Crippen molar-refractivity contribution < 1.29 is 14.3 Å². The highest BCUT2D eigenvalue weighted by Gasteiger charge is 2.14. The van der Waals surface area contributed by atoms with Gasteiger partial charge in [-0.1, -0.05) is 6.07 Å². The maximum atomic E-state index is 12.2. The lowest BCUT2D eigenvalue weighted by Gasteiger charge is -2.15. The Morgan fingerprint density at radius 1 is 0.967 bits per heavy atom. The average molecular weight is 413 g/mol. The summed E-state index contributed by atoms with van der Waals surface area (Å²) in [7, 11) is 8.00. The van der Waals surface area contributed by atoms with Gasteiger partial charge in [-0.05, 0) is 75.0 Å². The number of anilines is 2. The minimum atomic E-state index is -0.697. The first kappa shape index (κ1) is 23.2. The molecule has 0 aliphatic carbocycles. The van der Waals surface area contributed by atoms with E-state index in [1.165, 1.54) is 0 Å². The molecule has 0 radical (unpaired) electrons. The van der Waals surface area contributed by atoms with E-state index in [2.05, 4.69) is 15.5 Å². The molecular weight excluding hydrogens is 380 g/mol. The zero-order chi connectivity index (χ0) is 22.1. The number of amides is 2. The third-order valence-electron chi connectivity index (χ3n) is 4.62. The molecule has 2 rings (SSSR count). The Labute approximate surface area is 179 Å². The van der Waals surface area contributed by atoms with E-state index in [0.29, 0.717) is 18.8 Å². The molecule has 7 heteroatoms. The number of rotatable bonds is 9. The van der Waals surface area contributed by atoms with Crippen LogP contribution in [-0.2, 0) is 16.1 Å². The van der Waals surface area contributed by atoms with E-state index in [4.69, 9.17) is 4.74 Å². The largest absolute Gasteiger partial charge is 0.494 e. The van der Waals surface area contributed by atoms with Crippen LogP contribution in [0.25, 0.3) is 0 Å². The Morgan fingerprint density at radius 3 is 2.27 bits per heavy atom. The van der Waals surface area contributed by atoms with Crippen LogP contribution in [0.1, 0.15) is 17.5 Å². The van der Waals surface area contributed by atoms with Crippen LogP contribution in [0, 0.1) is 6.92 Å². The summed E-state index contributed by atoms with van der Waals surface area (Å²) in [6.07, 6.45) is 0.934. The average Bonchev–Trinajstić information content (AvgIpc) is 2.70. The van der Waals surface area contributed by atoms with Crippen LogP contribution in [0.3, 0.4) is 0 Å². The van der Waals surface area contributed by atoms with Crippen molar-refractivity contribution >= 4 is 23.2 Å². The van der Waals surface area contributed by atoms with Gasteiger partial charge in [-0.2, -0.15) is 0 Å². The third kappa shape index (κ3) is 7.40. The first-order valence-electron chi connectivity index (χ1n) is 10.00. The number of aryl methyl sites for hydroxylation is 1. The molecule has 30 heavy (non-hydrogen) atoms. The number of benzene rings is 2. The number of hydrogen-bond donors (Lipinski definition) is 2. The number of hydrogen-bond acceptors (Lipinski definition) is 5. The van der Waals surface area contributed by atoms with Gasteiger partial charge < -0.3 is 25.2 Å². The van der Waals surface area contributed by atoms with Gasteiger partial charge in [0.25, 0.3) is 0 Å². The zero-order valence-electron chi connectivity index (χ0n) is 18.5. The van der Waals surface area contributed by atoms with Gasteiger partial charge in [-0.25, -0.2) is 0 Å². The van der Waals surface area contributed by atoms with Crippen LogP contribution in [0.15, 0.2) is 42.5 Å². The first-order chi connectivity index (χ1) is 14.3. The molecule has 162 valence electrons. The normalized spacial score (nSPS) is 10.6. The van der Waals surface area contributed by atoms with Gasteiger partial charge >= 0.3 is 11.8 Å². The smallest absolute Gasteiger partial charge is 0.313 e. The van der Waals surface area contributed by atoms with E-state index >= 15 is 0 Å². The third-order valence-corrected chi connectivity index (χ3v) is 4.62. The first-order valence-corrected chi connectivity index (χ1v) is 10.00. The predicted octanol–water partition coefficient (Wildman–Crippen LogP) is 2.65. The minimum absolute atomic E-state index is 0.297. The number of ether oxygens (including phenoxy) is 1. The summed E-state index contributed by atoms with van der Waals surface area (Å²) >= 11 is 0. The van der Waals surface area contributed by atoms with Crippen molar-refractivity contribution in [3.8, 4) is 5.75 Å². The molecule has 0 heterocycles. The molecular formula is C23H32N4O3. The Bertz CT molecular complexity index is 848. The van der Waals surface area contributed by atoms with Crippen LogP contribution in [0.4, 0.5) is 11.4 Å². The highest BCUT2D eigenvalue weighted by molar-refractivity contribution is 6.39. The van der Waals surface area contributed by atoms with E-state index < -0.39 is 11.8 Å². The Kier molecular flexibility index (Phi) is 8.68. The second-order valence-corrected chi connectivity index (χ2v) is 7.67. The fraction of sp³-hybridized carbons (Fsp3) is 0.391. The molecule has 2 amide bonds. The molecule has 0 unspecified atom stereocenters. The van der Waals surface area contributed by atoms with E-state index in [1.807, 2.05) is 58.2 Å². The highest BCUT2D eigenvalue weighted by Crippen LogP contribution is 2.18. The van der Waals surface area contributed by atoms with Crippen molar-refractivity contribution in [3.05, 3.63) is 53.6 Å². The number of nitrogens with zero attached hydrogens (tertiary/aromatic N) is 2. The van der Waals surface area contributed by atoms with Crippen molar-refractivity contribution in [2.75, 3.05) is 51.6 Å². The molecule has 0 saturated heterocycles. The second kappa shape index (κ2) is 11.2. The lowest BCUT2D eigenvalue weighted by atomic mass is 10.1. The Balaban J connectivity index is 1.80. The lowest BCUT2D eigenvalue weighted by molar-refractivity contribution is -0.136. The van der Waals surface area contributed by atoms with Gasteiger partial charge in [0, 0.05) is 38.6 Å². The molecule has 0 fully saturated rings. The summed E-state index contributed by atoms with van der Waals surface area (Å²) in [4.78, 5) is 28.4. The van der Waals surface area contributed by atoms with Crippen molar-refractivity contribution in [1.82, 2.24) is 10.2 Å². The highest BCUT2D eigenvalue weighted by atomic mass is 16.5. The standard InChI is InChI=1S/C23H32N4O3/c1-17-15-20(27(4)5)10-7-18(17)16-24-22(28)23(29)25-19-8-11-21(12-9-19)30-14-6-13-26(2)3/h7-12,15H,6,13-14,16H2,1-5H3,(H,24,28)(H,25,29). The fourth-order valence-corrected chi connectivity index (χ4v) is 2.81. The predicted molar refractivity (Wildman–Crippen MR) is 121 cm³/mol. The lowest BCUT2D eigenvalue weighted by Crippen LogP contribution is -2.35. The van der Waals surface area contributed by atoms with Crippen LogP contribution >= 0.6 is 0 Å².